The lowest BCUT2D eigenvalue weighted by atomic mass is 10.1. The number of carbonyl (C=O) groups is 2. The van der Waals surface area contributed by atoms with Gasteiger partial charge in [0.2, 0.25) is 0 Å². The van der Waals surface area contributed by atoms with Gasteiger partial charge in [-0.3, -0.25) is 9.59 Å². The van der Waals surface area contributed by atoms with Crippen LogP contribution in [0.4, 0.5) is 5.69 Å². The summed E-state index contributed by atoms with van der Waals surface area (Å²) in [6.07, 6.45) is 0.953. The molecule has 1 aromatic carbocycles. The quantitative estimate of drug-likeness (QED) is 0.765. The Labute approximate surface area is 124 Å². The average Bonchev–Trinajstić information content (AvgIpc) is 2.97. The Balaban J connectivity index is 2.08. The number of carbonyl (C=O) groups excluding carboxylic acids is 2. The Morgan fingerprint density at radius 2 is 2.14 bits per heavy atom. The van der Waals surface area contributed by atoms with Gasteiger partial charge in [0.05, 0.1) is 6.10 Å². The van der Waals surface area contributed by atoms with Crippen molar-refractivity contribution in [3.05, 3.63) is 29.3 Å². The maximum absolute atomic E-state index is 12.2. The number of hydrogen-bond acceptors (Lipinski definition) is 4. The molecule has 21 heavy (non-hydrogen) atoms. The molecular weight excluding hydrogens is 270 g/mol. The first-order valence-corrected chi connectivity index (χ1v) is 7.04. The fraction of sp³-hybridized carbons (Fsp3) is 0.467. The second-order valence-electron chi connectivity index (χ2n) is 5.16. The van der Waals surface area contributed by atoms with Crippen molar-refractivity contribution in [2.75, 3.05) is 18.9 Å². The number of hydrogen-bond donors (Lipinski definition) is 3. The smallest absolute Gasteiger partial charge is 0.253 e. The molecular formula is C15H21N3O3. The summed E-state index contributed by atoms with van der Waals surface area (Å²) in [5, 5.41) is 5.39. The Bertz CT molecular complexity index is 545. The van der Waals surface area contributed by atoms with E-state index >= 15 is 0 Å². The number of aryl methyl sites for hydroxylation is 1. The molecule has 0 bridgehead atoms. The van der Waals surface area contributed by atoms with Crippen molar-refractivity contribution in [1.82, 2.24) is 5.32 Å². The molecule has 6 nitrogen and oxygen atoms in total. The van der Waals surface area contributed by atoms with Gasteiger partial charge in [-0.25, -0.2) is 0 Å². The standard InChI is InChI=1S/C15H21N3O3/c1-9-3-4-10(14(19)17-2)7-12(9)18-15(20)13-6-5-11(8-16)21-13/h3-4,7,11,13H,5-6,8,16H2,1-2H3,(H,17,19)(H,18,20). The van der Waals surface area contributed by atoms with Crippen LogP contribution in [0.25, 0.3) is 0 Å². The summed E-state index contributed by atoms with van der Waals surface area (Å²) in [5.74, 6) is -0.381. The van der Waals surface area contributed by atoms with Crippen LogP contribution in [0, 0.1) is 6.92 Å². The van der Waals surface area contributed by atoms with Gasteiger partial charge in [0.25, 0.3) is 11.8 Å². The molecule has 1 aromatic rings. The van der Waals surface area contributed by atoms with E-state index in [4.69, 9.17) is 10.5 Å². The van der Waals surface area contributed by atoms with Gasteiger partial charge in [-0.05, 0) is 37.5 Å². The first-order chi connectivity index (χ1) is 10.0. The number of rotatable bonds is 4. The summed E-state index contributed by atoms with van der Waals surface area (Å²) in [7, 11) is 1.57. The molecule has 0 spiro atoms. The van der Waals surface area contributed by atoms with Gasteiger partial charge in [0.1, 0.15) is 6.10 Å². The van der Waals surface area contributed by atoms with Gasteiger partial charge in [-0.15, -0.1) is 0 Å². The van der Waals surface area contributed by atoms with E-state index in [1.807, 2.05) is 6.92 Å². The molecule has 0 saturated carbocycles. The third-order valence-electron chi connectivity index (χ3n) is 3.65. The second kappa shape index (κ2) is 6.69. The Kier molecular flexibility index (Phi) is 4.93. The van der Waals surface area contributed by atoms with Crippen molar-refractivity contribution in [2.24, 2.45) is 5.73 Å². The molecule has 1 fully saturated rings. The number of anilines is 1. The summed E-state index contributed by atoms with van der Waals surface area (Å²) in [6.45, 7) is 2.30. The van der Waals surface area contributed by atoms with Crippen LogP contribution in [0.15, 0.2) is 18.2 Å². The summed E-state index contributed by atoms with van der Waals surface area (Å²) in [4.78, 5) is 23.8. The number of ether oxygens (including phenoxy) is 1. The zero-order valence-electron chi connectivity index (χ0n) is 12.3. The Morgan fingerprint density at radius 1 is 1.38 bits per heavy atom. The number of nitrogens with two attached hydrogens (primary N) is 1. The fourth-order valence-corrected chi connectivity index (χ4v) is 2.33. The van der Waals surface area contributed by atoms with Gasteiger partial charge < -0.3 is 21.1 Å². The molecule has 2 rings (SSSR count). The molecule has 1 aliphatic heterocycles. The van der Waals surface area contributed by atoms with Crippen LogP contribution in [0.2, 0.25) is 0 Å². The lowest BCUT2D eigenvalue weighted by molar-refractivity contribution is -0.126. The van der Waals surface area contributed by atoms with E-state index in [-0.39, 0.29) is 17.9 Å². The second-order valence-corrected chi connectivity index (χ2v) is 5.16. The molecule has 2 unspecified atom stereocenters. The molecule has 2 atom stereocenters. The molecule has 0 aliphatic carbocycles. The minimum atomic E-state index is -0.471. The van der Waals surface area contributed by atoms with Crippen molar-refractivity contribution in [3.8, 4) is 0 Å². The van der Waals surface area contributed by atoms with Gasteiger partial charge in [0.15, 0.2) is 0 Å². The Hall–Kier alpha value is -1.92. The molecule has 1 aliphatic rings. The van der Waals surface area contributed by atoms with E-state index in [0.717, 1.165) is 12.0 Å². The van der Waals surface area contributed by atoms with Crippen molar-refractivity contribution >= 4 is 17.5 Å². The van der Waals surface area contributed by atoms with Crippen molar-refractivity contribution in [2.45, 2.75) is 32.0 Å². The largest absolute Gasteiger partial charge is 0.364 e. The first-order valence-electron chi connectivity index (χ1n) is 7.04. The number of nitrogens with one attached hydrogen (secondary N) is 2. The van der Waals surface area contributed by atoms with E-state index < -0.39 is 6.10 Å². The van der Waals surface area contributed by atoms with E-state index in [1.54, 1.807) is 25.2 Å². The molecule has 1 heterocycles. The lowest BCUT2D eigenvalue weighted by Gasteiger charge is -2.14. The molecule has 0 radical (unpaired) electrons. The highest BCUT2D eigenvalue weighted by Gasteiger charge is 2.30. The topological polar surface area (TPSA) is 93.5 Å². The molecule has 6 heteroatoms. The first kappa shape index (κ1) is 15.5. The van der Waals surface area contributed by atoms with E-state index in [0.29, 0.717) is 24.2 Å². The summed E-state index contributed by atoms with van der Waals surface area (Å²) in [5.41, 5.74) is 7.56. The molecule has 1 saturated heterocycles. The van der Waals surface area contributed by atoms with Crippen LogP contribution < -0.4 is 16.4 Å². The van der Waals surface area contributed by atoms with Crippen LogP contribution in [0.5, 0.6) is 0 Å². The van der Waals surface area contributed by atoms with Crippen molar-refractivity contribution in [1.29, 1.82) is 0 Å². The minimum Gasteiger partial charge on any atom is -0.364 e. The lowest BCUT2D eigenvalue weighted by Crippen LogP contribution is -2.30. The zero-order valence-corrected chi connectivity index (χ0v) is 12.3. The number of amides is 2. The highest BCUT2D eigenvalue weighted by Crippen LogP contribution is 2.22. The van der Waals surface area contributed by atoms with Crippen molar-refractivity contribution < 1.29 is 14.3 Å². The van der Waals surface area contributed by atoms with Gasteiger partial charge in [-0.1, -0.05) is 6.07 Å². The third-order valence-corrected chi connectivity index (χ3v) is 3.65. The van der Waals surface area contributed by atoms with E-state index in [2.05, 4.69) is 10.6 Å². The Morgan fingerprint density at radius 3 is 2.76 bits per heavy atom. The molecule has 0 aromatic heterocycles. The highest BCUT2D eigenvalue weighted by atomic mass is 16.5. The molecule has 4 N–H and O–H groups in total. The maximum atomic E-state index is 12.2. The monoisotopic (exact) mass is 291 g/mol. The van der Waals surface area contributed by atoms with Gasteiger partial charge in [-0.2, -0.15) is 0 Å². The minimum absolute atomic E-state index is 0.0425. The highest BCUT2D eigenvalue weighted by molar-refractivity contribution is 5.98. The van der Waals surface area contributed by atoms with E-state index in [9.17, 15) is 9.59 Å². The predicted molar refractivity (Wildman–Crippen MR) is 80.1 cm³/mol. The third kappa shape index (κ3) is 3.59. The van der Waals surface area contributed by atoms with Gasteiger partial charge in [0, 0.05) is 24.8 Å². The fourth-order valence-electron chi connectivity index (χ4n) is 2.33. The SMILES string of the molecule is CNC(=O)c1ccc(C)c(NC(=O)C2CCC(CN)O2)c1. The zero-order chi connectivity index (χ0) is 15.4. The predicted octanol–water partition coefficient (Wildman–Crippen LogP) is 0.799. The molecule has 2 amide bonds. The normalized spacial score (nSPS) is 21.1. The van der Waals surface area contributed by atoms with Crippen LogP contribution >= 0.6 is 0 Å². The summed E-state index contributed by atoms with van der Waals surface area (Å²) in [6, 6.07) is 5.19. The molecule has 114 valence electrons. The van der Waals surface area contributed by atoms with Gasteiger partial charge >= 0.3 is 0 Å². The summed E-state index contributed by atoms with van der Waals surface area (Å²) >= 11 is 0. The van der Waals surface area contributed by atoms with E-state index in [1.165, 1.54) is 0 Å². The van der Waals surface area contributed by atoms with Crippen LogP contribution in [0.3, 0.4) is 0 Å². The van der Waals surface area contributed by atoms with Crippen LogP contribution in [-0.4, -0.2) is 37.6 Å². The maximum Gasteiger partial charge on any atom is 0.253 e. The summed E-state index contributed by atoms with van der Waals surface area (Å²) < 4.78 is 5.57. The number of benzene rings is 1. The van der Waals surface area contributed by atoms with Crippen LogP contribution in [0.1, 0.15) is 28.8 Å². The van der Waals surface area contributed by atoms with Crippen molar-refractivity contribution in [3.63, 3.8) is 0 Å². The van der Waals surface area contributed by atoms with Crippen LogP contribution in [-0.2, 0) is 9.53 Å². The average molecular weight is 291 g/mol.